The molecule has 0 unspecified atom stereocenters. The minimum absolute atomic E-state index is 1.20. The molecular formula is C42H25N. The number of para-hydroxylation sites is 3. The van der Waals surface area contributed by atoms with Crippen molar-refractivity contribution in [1.82, 2.24) is 4.57 Å². The average molecular weight is 544 g/mol. The van der Waals surface area contributed by atoms with Crippen LogP contribution in [0.3, 0.4) is 0 Å². The second-order valence-corrected chi connectivity index (χ2v) is 11.7. The Kier molecular flexibility index (Phi) is 4.51. The van der Waals surface area contributed by atoms with E-state index >= 15 is 0 Å². The molecule has 0 atom stereocenters. The van der Waals surface area contributed by atoms with Gasteiger partial charge in [-0.05, 0) is 96.5 Å². The number of rotatable bonds is 2. The molecule has 0 radical (unpaired) electrons. The molecule has 43 heavy (non-hydrogen) atoms. The lowest BCUT2D eigenvalue weighted by atomic mass is 9.89. The second-order valence-electron chi connectivity index (χ2n) is 11.7. The first-order valence-corrected chi connectivity index (χ1v) is 15.0. The fourth-order valence-corrected chi connectivity index (χ4v) is 7.67. The van der Waals surface area contributed by atoms with Crippen LogP contribution < -0.4 is 0 Å². The summed E-state index contributed by atoms with van der Waals surface area (Å²) in [5.74, 6) is 0. The van der Waals surface area contributed by atoms with Gasteiger partial charge in [-0.3, -0.25) is 0 Å². The van der Waals surface area contributed by atoms with Crippen LogP contribution in [0.1, 0.15) is 0 Å². The molecule has 10 rings (SSSR count). The lowest BCUT2D eigenvalue weighted by molar-refractivity contribution is 1.18. The number of benzene rings is 8. The monoisotopic (exact) mass is 543 g/mol. The van der Waals surface area contributed by atoms with Crippen molar-refractivity contribution >= 4 is 54.1 Å². The van der Waals surface area contributed by atoms with Gasteiger partial charge < -0.3 is 4.57 Å². The van der Waals surface area contributed by atoms with Gasteiger partial charge in [0.2, 0.25) is 0 Å². The van der Waals surface area contributed by atoms with Crippen LogP contribution in [0, 0.1) is 0 Å². The number of aromatic nitrogens is 1. The van der Waals surface area contributed by atoms with Crippen molar-refractivity contribution in [3.05, 3.63) is 152 Å². The summed E-state index contributed by atoms with van der Waals surface area (Å²) in [4.78, 5) is 0. The van der Waals surface area contributed by atoms with E-state index in [1.165, 1.54) is 93.2 Å². The first kappa shape index (κ1) is 23.0. The SMILES string of the molecule is c1ccc(-n2c3ccccc3c3ccccc32)c(-c2ccc3c4c(cc5ccccc5c24)-c2cc4ccccc4cc2-3)c1. The Hall–Kier alpha value is -5.66. The van der Waals surface area contributed by atoms with Gasteiger partial charge in [0.1, 0.15) is 0 Å². The molecule has 9 aromatic rings. The summed E-state index contributed by atoms with van der Waals surface area (Å²) in [7, 11) is 0. The Morgan fingerprint density at radius 1 is 0.302 bits per heavy atom. The number of hydrogen-bond acceptors (Lipinski definition) is 0. The number of hydrogen-bond donors (Lipinski definition) is 0. The van der Waals surface area contributed by atoms with Gasteiger partial charge in [0, 0.05) is 16.3 Å². The first-order chi connectivity index (χ1) is 21.3. The van der Waals surface area contributed by atoms with Gasteiger partial charge in [0.15, 0.2) is 0 Å². The van der Waals surface area contributed by atoms with Crippen LogP contribution in [0.4, 0.5) is 0 Å². The fraction of sp³-hybridized carbons (Fsp3) is 0. The van der Waals surface area contributed by atoms with Crippen molar-refractivity contribution in [2.45, 2.75) is 0 Å². The molecule has 0 saturated heterocycles. The molecule has 8 aromatic carbocycles. The Balaban J connectivity index is 1.35. The molecule has 0 N–H and O–H groups in total. The summed E-state index contributed by atoms with van der Waals surface area (Å²) in [6.45, 7) is 0. The normalized spacial score (nSPS) is 12.2. The molecule has 1 heterocycles. The first-order valence-electron chi connectivity index (χ1n) is 15.0. The highest BCUT2D eigenvalue weighted by Crippen LogP contribution is 2.53. The largest absolute Gasteiger partial charge is 0.309 e. The molecule has 0 fully saturated rings. The Labute approximate surface area is 248 Å². The smallest absolute Gasteiger partial charge is 0.0541 e. The minimum Gasteiger partial charge on any atom is -0.309 e. The van der Waals surface area contributed by atoms with Gasteiger partial charge in [0.25, 0.3) is 0 Å². The van der Waals surface area contributed by atoms with E-state index < -0.39 is 0 Å². The average Bonchev–Trinajstić information content (AvgIpc) is 3.56. The van der Waals surface area contributed by atoms with Gasteiger partial charge in [-0.15, -0.1) is 0 Å². The lowest BCUT2D eigenvalue weighted by Gasteiger charge is -2.18. The molecule has 0 spiro atoms. The summed E-state index contributed by atoms with van der Waals surface area (Å²) in [6.07, 6.45) is 0. The highest BCUT2D eigenvalue weighted by molar-refractivity contribution is 6.28. The molecule has 1 aliphatic rings. The summed E-state index contributed by atoms with van der Waals surface area (Å²) in [5.41, 5.74) is 11.5. The zero-order valence-corrected chi connectivity index (χ0v) is 23.4. The van der Waals surface area contributed by atoms with Crippen LogP contribution in [0.25, 0.3) is 93.2 Å². The van der Waals surface area contributed by atoms with Crippen LogP contribution in [0.5, 0.6) is 0 Å². The Morgan fingerprint density at radius 2 is 0.791 bits per heavy atom. The molecule has 1 nitrogen and oxygen atoms in total. The van der Waals surface area contributed by atoms with E-state index in [2.05, 4.69) is 156 Å². The maximum Gasteiger partial charge on any atom is 0.0541 e. The molecule has 1 aromatic heterocycles. The maximum atomic E-state index is 2.45. The third kappa shape index (κ3) is 3.06. The van der Waals surface area contributed by atoms with E-state index in [1.807, 2.05) is 0 Å². The second kappa shape index (κ2) is 8.44. The van der Waals surface area contributed by atoms with Crippen LogP contribution in [-0.4, -0.2) is 4.57 Å². The van der Waals surface area contributed by atoms with Gasteiger partial charge in [0.05, 0.1) is 16.7 Å². The van der Waals surface area contributed by atoms with E-state index in [4.69, 9.17) is 0 Å². The third-order valence-corrected chi connectivity index (χ3v) is 9.49. The van der Waals surface area contributed by atoms with E-state index in [0.717, 1.165) is 0 Å². The molecule has 198 valence electrons. The van der Waals surface area contributed by atoms with Crippen molar-refractivity contribution in [1.29, 1.82) is 0 Å². The van der Waals surface area contributed by atoms with Gasteiger partial charge >= 0.3 is 0 Å². The molecule has 1 heteroatoms. The van der Waals surface area contributed by atoms with E-state index in [0.29, 0.717) is 0 Å². The predicted octanol–water partition coefficient (Wildman–Crippen LogP) is 11.6. The zero-order chi connectivity index (χ0) is 28.1. The minimum atomic E-state index is 1.20. The highest BCUT2D eigenvalue weighted by Gasteiger charge is 2.26. The summed E-state index contributed by atoms with van der Waals surface area (Å²) >= 11 is 0. The topological polar surface area (TPSA) is 4.93 Å². The Morgan fingerprint density at radius 3 is 1.49 bits per heavy atom. The molecule has 0 bridgehead atoms. The molecule has 0 amide bonds. The third-order valence-electron chi connectivity index (χ3n) is 9.49. The van der Waals surface area contributed by atoms with Crippen LogP contribution in [-0.2, 0) is 0 Å². The van der Waals surface area contributed by atoms with Crippen molar-refractivity contribution in [2.75, 3.05) is 0 Å². The van der Waals surface area contributed by atoms with Crippen molar-refractivity contribution in [3.63, 3.8) is 0 Å². The van der Waals surface area contributed by atoms with Crippen molar-refractivity contribution in [2.24, 2.45) is 0 Å². The molecule has 0 saturated carbocycles. The molecule has 1 aliphatic carbocycles. The molecule has 0 aliphatic heterocycles. The fourth-order valence-electron chi connectivity index (χ4n) is 7.67. The van der Waals surface area contributed by atoms with E-state index in [9.17, 15) is 0 Å². The van der Waals surface area contributed by atoms with Crippen molar-refractivity contribution < 1.29 is 0 Å². The number of nitrogens with zero attached hydrogens (tertiary/aromatic N) is 1. The van der Waals surface area contributed by atoms with Crippen LogP contribution >= 0.6 is 0 Å². The lowest BCUT2D eigenvalue weighted by Crippen LogP contribution is -1.97. The zero-order valence-electron chi connectivity index (χ0n) is 23.4. The van der Waals surface area contributed by atoms with Gasteiger partial charge in [-0.1, -0.05) is 115 Å². The van der Waals surface area contributed by atoms with Gasteiger partial charge in [-0.2, -0.15) is 0 Å². The van der Waals surface area contributed by atoms with Crippen molar-refractivity contribution in [3.8, 4) is 39.1 Å². The van der Waals surface area contributed by atoms with E-state index in [-0.39, 0.29) is 0 Å². The highest BCUT2D eigenvalue weighted by atomic mass is 15.0. The van der Waals surface area contributed by atoms with Crippen LogP contribution in [0.15, 0.2) is 152 Å². The quantitative estimate of drug-likeness (QED) is 0.191. The summed E-state index contributed by atoms with van der Waals surface area (Å²) in [5, 5.41) is 10.4. The Bertz CT molecular complexity index is 2560. The van der Waals surface area contributed by atoms with E-state index in [1.54, 1.807) is 0 Å². The summed E-state index contributed by atoms with van der Waals surface area (Å²) in [6, 6.07) is 56.0. The summed E-state index contributed by atoms with van der Waals surface area (Å²) < 4.78 is 2.45. The maximum absolute atomic E-state index is 2.45. The van der Waals surface area contributed by atoms with Gasteiger partial charge in [-0.25, -0.2) is 0 Å². The molecular weight excluding hydrogens is 518 g/mol. The standard InChI is InChI=1S/C42H25N/c1-2-12-27-24-36-35(23-26(27)11-1)34-22-21-33(41-29-14-4-3-13-28(29)25-37(36)42(34)41)32-17-7-10-20-40(32)43-38-18-8-5-15-30(38)31-16-6-9-19-39(31)43/h1-25H. The number of fused-ring (bicyclic) bond motifs is 9. The van der Waals surface area contributed by atoms with Crippen LogP contribution in [0.2, 0.25) is 0 Å². The predicted molar refractivity (Wildman–Crippen MR) is 183 cm³/mol.